The molecular weight excluding hydrogens is 152 g/mol. The topological polar surface area (TPSA) is 72.3 Å². The number of hydrogen-bond donors (Lipinski definition) is 3. The van der Waals surface area contributed by atoms with Crippen LogP contribution in [0.25, 0.3) is 0 Å². The maximum absolute atomic E-state index is 9.06. The van der Waals surface area contributed by atoms with Crippen molar-refractivity contribution in [3.63, 3.8) is 0 Å². The fourth-order valence-corrected chi connectivity index (χ4v) is 1.91. The van der Waals surface area contributed by atoms with E-state index in [0.29, 0.717) is 0 Å². The van der Waals surface area contributed by atoms with Crippen molar-refractivity contribution >= 4 is 0 Å². The van der Waals surface area contributed by atoms with E-state index in [1.165, 1.54) is 6.42 Å². The molecule has 0 amide bonds. The van der Waals surface area contributed by atoms with E-state index in [1.54, 1.807) is 0 Å². The van der Waals surface area contributed by atoms with Gasteiger partial charge in [-0.05, 0) is 25.2 Å². The molecule has 1 aliphatic rings. The van der Waals surface area contributed by atoms with E-state index in [1.807, 2.05) is 0 Å². The van der Waals surface area contributed by atoms with Crippen LogP contribution >= 0.6 is 0 Å². The summed E-state index contributed by atoms with van der Waals surface area (Å²) >= 11 is 0. The highest BCUT2D eigenvalue weighted by Gasteiger charge is 2.21. The van der Waals surface area contributed by atoms with Crippen LogP contribution in [-0.4, -0.2) is 23.8 Å². The Morgan fingerprint density at radius 1 is 1.17 bits per heavy atom. The van der Waals surface area contributed by atoms with Gasteiger partial charge in [0.05, 0.1) is 0 Å². The summed E-state index contributed by atoms with van der Waals surface area (Å²) in [6.07, 6.45) is 5.36. The van der Waals surface area contributed by atoms with Gasteiger partial charge in [0.15, 0.2) is 0 Å². The third-order valence-electron chi connectivity index (χ3n) is 2.81. The van der Waals surface area contributed by atoms with E-state index in [0.717, 1.165) is 25.7 Å². The maximum atomic E-state index is 9.06. The minimum atomic E-state index is 0.154. The van der Waals surface area contributed by atoms with Crippen molar-refractivity contribution in [1.29, 1.82) is 0 Å². The molecule has 3 atom stereocenters. The lowest BCUT2D eigenvalue weighted by molar-refractivity contribution is 0.175. The lowest BCUT2D eigenvalue weighted by Gasteiger charge is -2.27. The Morgan fingerprint density at radius 3 is 2.50 bits per heavy atom. The molecular formula is C9H20N2O. The molecule has 1 saturated carbocycles. The van der Waals surface area contributed by atoms with E-state index < -0.39 is 0 Å². The van der Waals surface area contributed by atoms with Gasteiger partial charge in [-0.3, -0.25) is 0 Å². The summed E-state index contributed by atoms with van der Waals surface area (Å²) in [5.74, 6) is 0.222. The minimum Gasteiger partial charge on any atom is -0.396 e. The van der Waals surface area contributed by atoms with Crippen LogP contribution in [0.2, 0.25) is 0 Å². The Kier molecular flexibility index (Phi) is 3.98. The first-order valence-electron chi connectivity index (χ1n) is 4.86. The molecule has 0 saturated heterocycles. The zero-order valence-electron chi connectivity index (χ0n) is 7.58. The van der Waals surface area contributed by atoms with Gasteiger partial charge in [-0.1, -0.05) is 12.8 Å². The van der Waals surface area contributed by atoms with Gasteiger partial charge in [0.25, 0.3) is 0 Å². The molecule has 0 spiro atoms. The fraction of sp³-hybridized carbons (Fsp3) is 1.00. The smallest absolute Gasteiger partial charge is 0.0474 e. The number of hydrogen-bond acceptors (Lipinski definition) is 3. The molecule has 0 bridgehead atoms. The highest BCUT2D eigenvalue weighted by molar-refractivity contribution is 4.79. The number of rotatable bonds is 1. The molecule has 1 rings (SSSR count). The van der Waals surface area contributed by atoms with Gasteiger partial charge < -0.3 is 16.6 Å². The average molecular weight is 172 g/mol. The van der Waals surface area contributed by atoms with E-state index in [4.69, 9.17) is 16.6 Å². The van der Waals surface area contributed by atoms with Gasteiger partial charge in [-0.2, -0.15) is 0 Å². The van der Waals surface area contributed by atoms with Crippen LogP contribution in [0.3, 0.4) is 0 Å². The Balaban J connectivity index is 2.44. The van der Waals surface area contributed by atoms with Crippen molar-refractivity contribution in [3.05, 3.63) is 0 Å². The molecule has 3 nitrogen and oxygen atoms in total. The molecule has 3 heteroatoms. The summed E-state index contributed by atoms with van der Waals surface area (Å²) in [7, 11) is 0. The summed E-state index contributed by atoms with van der Waals surface area (Å²) in [6, 6.07) is 0.398. The third-order valence-corrected chi connectivity index (χ3v) is 2.81. The van der Waals surface area contributed by atoms with E-state index in [2.05, 4.69) is 0 Å². The van der Waals surface area contributed by atoms with Gasteiger partial charge in [-0.25, -0.2) is 0 Å². The Hall–Kier alpha value is -0.120. The van der Waals surface area contributed by atoms with Crippen molar-refractivity contribution in [1.82, 2.24) is 0 Å². The molecule has 12 heavy (non-hydrogen) atoms. The first-order valence-corrected chi connectivity index (χ1v) is 4.86. The van der Waals surface area contributed by atoms with Gasteiger partial charge in [0.2, 0.25) is 0 Å². The first-order chi connectivity index (χ1) is 5.74. The van der Waals surface area contributed by atoms with Crippen LogP contribution in [-0.2, 0) is 0 Å². The quantitative estimate of drug-likeness (QED) is 0.529. The normalized spacial score (nSPS) is 38.8. The molecule has 1 fully saturated rings. The van der Waals surface area contributed by atoms with Crippen LogP contribution in [0.15, 0.2) is 0 Å². The molecule has 0 aromatic carbocycles. The Morgan fingerprint density at radius 2 is 1.83 bits per heavy atom. The van der Waals surface area contributed by atoms with Crippen LogP contribution in [0.1, 0.15) is 32.1 Å². The van der Waals surface area contributed by atoms with Gasteiger partial charge in [0, 0.05) is 18.7 Å². The summed E-state index contributed by atoms with van der Waals surface area (Å²) in [6.45, 7) is 0.189. The zero-order valence-corrected chi connectivity index (χ0v) is 7.58. The predicted molar refractivity (Wildman–Crippen MR) is 49.6 cm³/mol. The summed E-state index contributed by atoms with van der Waals surface area (Å²) in [4.78, 5) is 0. The summed E-state index contributed by atoms with van der Waals surface area (Å²) < 4.78 is 0. The SMILES string of the molecule is NC1CCCCC(N)C(CO)C1. The zero-order chi connectivity index (χ0) is 8.97. The average Bonchev–Trinajstić information content (AvgIpc) is 2.05. The molecule has 0 aromatic heterocycles. The number of aliphatic hydroxyl groups is 1. The molecule has 3 unspecified atom stereocenters. The molecule has 0 heterocycles. The maximum Gasteiger partial charge on any atom is 0.0474 e. The molecule has 5 N–H and O–H groups in total. The molecule has 1 aliphatic carbocycles. The highest BCUT2D eigenvalue weighted by Crippen LogP contribution is 2.20. The standard InChI is InChI=1S/C9H20N2O/c10-8-3-1-2-4-9(11)7(5-8)6-12/h7-9,12H,1-6,10-11H2. The van der Waals surface area contributed by atoms with E-state index >= 15 is 0 Å². The van der Waals surface area contributed by atoms with E-state index in [-0.39, 0.29) is 24.6 Å². The second kappa shape index (κ2) is 4.80. The van der Waals surface area contributed by atoms with Crippen molar-refractivity contribution < 1.29 is 5.11 Å². The van der Waals surface area contributed by atoms with Gasteiger partial charge in [0.1, 0.15) is 0 Å². The largest absolute Gasteiger partial charge is 0.396 e. The second-order valence-electron chi connectivity index (χ2n) is 3.89. The first kappa shape index (κ1) is 9.96. The van der Waals surface area contributed by atoms with Gasteiger partial charge >= 0.3 is 0 Å². The minimum absolute atomic E-state index is 0.154. The molecule has 0 radical (unpaired) electrons. The van der Waals surface area contributed by atoms with Crippen molar-refractivity contribution in [3.8, 4) is 0 Å². The van der Waals surface area contributed by atoms with Crippen molar-refractivity contribution in [2.24, 2.45) is 17.4 Å². The van der Waals surface area contributed by atoms with Crippen LogP contribution in [0.4, 0.5) is 0 Å². The Labute approximate surface area is 74.1 Å². The lowest BCUT2D eigenvalue weighted by Crippen LogP contribution is -2.38. The fourth-order valence-electron chi connectivity index (χ4n) is 1.91. The Bertz CT molecular complexity index is 130. The van der Waals surface area contributed by atoms with Crippen LogP contribution in [0.5, 0.6) is 0 Å². The molecule has 0 aromatic rings. The van der Waals surface area contributed by atoms with E-state index in [9.17, 15) is 0 Å². The highest BCUT2D eigenvalue weighted by atomic mass is 16.3. The molecule has 0 aliphatic heterocycles. The number of nitrogens with two attached hydrogens (primary N) is 2. The van der Waals surface area contributed by atoms with Crippen molar-refractivity contribution in [2.45, 2.75) is 44.2 Å². The molecule has 72 valence electrons. The monoisotopic (exact) mass is 172 g/mol. The summed E-state index contributed by atoms with van der Waals surface area (Å²) in [5, 5.41) is 9.06. The lowest BCUT2D eigenvalue weighted by atomic mass is 9.86. The van der Waals surface area contributed by atoms with Crippen molar-refractivity contribution in [2.75, 3.05) is 6.61 Å². The third kappa shape index (κ3) is 2.73. The summed E-state index contributed by atoms with van der Waals surface area (Å²) in [5.41, 5.74) is 11.8. The van der Waals surface area contributed by atoms with Crippen LogP contribution < -0.4 is 11.5 Å². The second-order valence-corrected chi connectivity index (χ2v) is 3.89. The predicted octanol–water partition coefficient (Wildman–Crippen LogP) is 0.214. The number of aliphatic hydroxyl groups excluding tert-OH is 1. The van der Waals surface area contributed by atoms with Crippen LogP contribution in [0, 0.1) is 5.92 Å². The van der Waals surface area contributed by atoms with Gasteiger partial charge in [-0.15, -0.1) is 0 Å².